The second-order valence-electron chi connectivity index (χ2n) is 2.18. The molecule has 0 fully saturated rings. The lowest BCUT2D eigenvalue weighted by Crippen LogP contribution is -1.98. The molecule has 4 heteroatoms. The lowest BCUT2D eigenvalue weighted by atomic mass is 10.4. The molecule has 2 N–H and O–H groups in total. The van der Waals surface area contributed by atoms with Crippen molar-refractivity contribution in [3.8, 4) is 11.2 Å². The van der Waals surface area contributed by atoms with Gasteiger partial charge < -0.3 is 5.73 Å². The van der Waals surface area contributed by atoms with E-state index in [1.165, 1.54) is 11.8 Å². The number of anilines is 1. The summed E-state index contributed by atoms with van der Waals surface area (Å²) in [7, 11) is 0. The normalized spacial score (nSPS) is 8.00. The maximum absolute atomic E-state index is 5.58. The van der Waals surface area contributed by atoms with Crippen LogP contribution in [0.5, 0.6) is 0 Å². The van der Waals surface area contributed by atoms with Gasteiger partial charge in [-0.1, -0.05) is 25.6 Å². The van der Waals surface area contributed by atoms with Crippen LogP contribution in [-0.4, -0.2) is 16.2 Å². The van der Waals surface area contributed by atoms with E-state index in [4.69, 9.17) is 5.73 Å². The average Bonchev–Trinajstić information content (AvgIpc) is 2.20. The Balaban J connectivity index is 0.000000791. The molecule has 0 unspecified atom stereocenters. The molecule has 14 heavy (non-hydrogen) atoms. The highest BCUT2D eigenvalue weighted by Crippen LogP contribution is 2.03. The fourth-order valence-corrected chi connectivity index (χ4v) is 0.890. The Morgan fingerprint density at radius 3 is 2.57 bits per heavy atom. The highest BCUT2D eigenvalue weighted by molar-refractivity contribution is 8.03. The minimum atomic E-state index is 0.400. The predicted octanol–water partition coefficient (Wildman–Crippen LogP) is 2.07. The van der Waals surface area contributed by atoms with Gasteiger partial charge in [0.05, 0.1) is 5.69 Å². The van der Waals surface area contributed by atoms with Gasteiger partial charge in [0.1, 0.15) is 0 Å². The zero-order chi connectivity index (χ0) is 11.0. The highest BCUT2D eigenvalue weighted by atomic mass is 32.2. The number of aryl methyl sites for hydroxylation is 1. The van der Waals surface area contributed by atoms with Crippen LogP contribution in [0.1, 0.15) is 25.2 Å². The summed E-state index contributed by atoms with van der Waals surface area (Å²) in [6.07, 6.45) is 3.55. The summed E-state index contributed by atoms with van der Waals surface area (Å²) in [5, 5.41) is 2.81. The summed E-state index contributed by atoms with van der Waals surface area (Å²) < 4.78 is 0. The maximum Gasteiger partial charge on any atom is 0.158 e. The van der Waals surface area contributed by atoms with Gasteiger partial charge in [-0.3, -0.25) is 0 Å². The van der Waals surface area contributed by atoms with E-state index in [1.54, 1.807) is 6.20 Å². The summed E-state index contributed by atoms with van der Waals surface area (Å²) in [6.45, 7) is 5.84. The van der Waals surface area contributed by atoms with E-state index in [0.29, 0.717) is 11.5 Å². The molecule has 0 aliphatic rings. The standard InChI is InChI=1S/C8H9N3S.C2H6/c1-6-5-10-7(3-4-12-2)8(9)11-6;1-2/h5H,1-2H3,(H2,9,11);1-2H3. The number of hydrogen-bond donors (Lipinski definition) is 1. The number of nitrogens with two attached hydrogens (primary N) is 1. The topological polar surface area (TPSA) is 51.8 Å². The summed E-state index contributed by atoms with van der Waals surface area (Å²) >= 11 is 1.42. The van der Waals surface area contributed by atoms with Gasteiger partial charge in [0.25, 0.3) is 0 Å². The van der Waals surface area contributed by atoms with Crippen molar-refractivity contribution in [2.45, 2.75) is 20.8 Å². The van der Waals surface area contributed by atoms with Gasteiger partial charge in [0, 0.05) is 6.20 Å². The lowest BCUT2D eigenvalue weighted by Gasteiger charge is -1.96. The second kappa shape index (κ2) is 7.22. The van der Waals surface area contributed by atoms with Crippen LogP contribution in [0.15, 0.2) is 6.20 Å². The Morgan fingerprint density at radius 2 is 2.07 bits per heavy atom. The van der Waals surface area contributed by atoms with Crippen LogP contribution in [0, 0.1) is 18.1 Å². The number of aromatic nitrogens is 2. The molecule has 0 saturated heterocycles. The zero-order valence-electron chi connectivity index (χ0n) is 8.96. The van der Waals surface area contributed by atoms with Crippen molar-refractivity contribution in [3.05, 3.63) is 17.6 Å². The minimum absolute atomic E-state index is 0.400. The molecular formula is C10H15N3S. The summed E-state index contributed by atoms with van der Waals surface area (Å²) in [6, 6.07) is 0. The first-order valence-corrected chi connectivity index (χ1v) is 5.59. The molecular weight excluding hydrogens is 194 g/mol. The van der Waals surface area contributed by atoms with E-state index in [2.05, 4.69) is 21.1 Å². The van der Waals surface area contributed by atoms with E-state index < -0.39 is 0 Å². The van der Waals surface area contributed by atoms with E-state index in [9.17, 15) is 0 Å². The van der Waals surface area contributed by atoms with E-state index >= 15 is 0 Å². The van der Waals surface area contributed by atoms with Crippen molar-refractivity contribution in [3.63, 3.8) is 0 Å². The lowest BCUT2D eigenvalue weighted by molar-refractivity contribution is 1.11. The van der Waals surface area contributed by atoms with Gasteiger partial charge in [-0.25, -0.2) is 9.97 Å². The molecule has 0 saturated carbocycles. The Hall–Kier alpha value is -1.21. The van der Waals surface area contributed by atoms with Gasteiger partial charge in [-0.2, -0.15) is 0 Å². The fraction of sp³-hybridized carbons (Fsp3) is 0.400. The number of nitrogen functional groups attached to an aromatic ring is 1. The Morgan fingerprint density at radius 1 is 1.43 bits per heavy atom. The predicted molar refractivity (Wildman–Crippen MR) is 62.9 cm³/mol. The first-order chi connectivity index (χ1) is 6.74. The van der Waals surface area contributed by atoms with E-state index in [1.807, 2.05) is 27.0 Å². The van der Waals surface area contributed by atoms with Crippen molar-refractivity contribution in [2.24, 2.45) is 0 Å². The zero-order valence-corrected chi connectivity index (χ0v) is 9.77. The third kappa shape index (κ3) is 4.15. The monoisotopic (exact) mass is 209 g/mol. The first-order valence-electron chi connectivity index (χ1n) is 4.37. The summed E-state index contributed by atoms with van der Waals surface area (Å²) in [5.74, 6) is 3.20. The van der Waals surface area contributed by atoms with Gasteiger partial charge in [0.2, 0.25) is 0 Å². The van der Waals surface area contributed by atoms with Crippen LogP contribution < -0.4 is 5.73 Å². The molecule has 1 heterocycles. The third-order valence-corrected chi connectivity index (χ3v) is 1.50. The van der Waals surface area contributed by atoms with E-state index in [-0.39, 0.29) is 0 Å². The van der Waals surface area contributed by atoms with Crippen molar-refractivity contribution in [1.82, 2.24) is 9.97 Å². The van der Waals surface area contributed by atoms with Gasteiger partial charge in [0.15, 0.2) is 11.5 Å². The molecule has 0 aromatic carbocycles. The molecule has 1 rings (SSSR count). The molecule has 0 aliphatic heterocycles. The van der Waals surface area contributed by atoms with Crippen molar-refractivity contribution in [1.29, 1.82) is 0 Å². The number of hydrogen-bond acceptors (Lipinski definition) is 4. The van der Waals surface area contributed by atoms with Crippen LogP contribution in [0.2, 0.25) is 0 Å². The van der Waals surface area contributed by atoms with Gasteiger partial charge in [-0.05, 0) is 24.4 Å². The second-order valence-corrected chi connectivity index (χ2v) is 2.79. The first kappa shape index (κ1) is 12.8. The maximum atomic E-state index is 5.58. The Bertz CT molecular complexity index is 339. The van der Waals surface area contributed by atoms with Crippen LogP contribution in [0.4, 0.5) is 5.82 Å². The molecule has 3 nitrogen and oxygen atoms in total. The fourth-order valence-electron chi connectivity index (χ4n) is 0.692. The van der Waals surface area contributed by atoms with Crippen molar-refractivity contribution < 1.29 is 0 Å². The third-order valence-electron chi connectivity index (χ3n) is 1.19. The van der Waals surface area contributed by atoms with Gasteiger partial charge in [-0.15, -0.1) is 0 Å². The number of rotatable bonds is 0. The number of nitrogens with zero attached hydrogens (tertiary/aromatic N) is 2. The van der Waals surface area contributed by atoms with Gasteiger partial charge >= 0.3 is 0 Å². The Labute approximate surface area is 89.5 Å². The van der Waals surface area contributed by atoms with Crippen LogP contribution >= 0.6 is 11.8 Å². The van der Waals surface area contributed by atoms with Crippen molar-refractivity contribution in [2.75, 3.05) is 12.0 Å². The highest BCUT2D eigenvalue weighted by Gasteiger charge is 1.97. The molecule has 0 aliphatic carbocycles. The largest absolute Gasteiger partial charge is 0.381 e. The quantitative estimate of drug-likeness (QED) is 0.665. The molecule has 0 spiro atoms. The molecule has 1 aromatic rings. The molecule has 76 valence electrons. The average molecular weight is 209 g/mol. The SMILES string of the molecule is CC.CSC#Cc1ncc(C)nc1N. The molecule has 0 radical (unpaired) electrons. The molecule has 0 bridgehead atoms. The number of thioether (sulfide) groups is 1. The van der Waals surface area contributed by atoms with Crippen LogP contribution in [0.25, 0.3) is 0 Å². The van der Waals surface area contributed by atoms with Crippen molar-refractivity contribution >= 4 is 17.6 Å². The van der Waals surface area contributed by atoms with Crippen LogP contribution in [-0.2, 0) is 0 Å². The summed E-state index contributed by atoms with van der Waals surface area (Å²) in [5.41, 5.74) is 6.94. The van der Waals surface area contributed by atoms with E-state index in [0.717, 1.165) is 5.69 Å². The minimum Gasteiger partial charge on any atom is -0.381 e. The van der Waals surface area contributed by atoms with Crippen LogP contribution in [0.3, 0.4) is 0 Å². The molecule has 0 atom stereocenters. The smallest absolute Gasteiger partial charge is 0.158 e. The summed E-state index contributed by atoms with van der Waals surface area (Å²) in [4.78, 5) is 8.07. The molecule has 1 aromatic heterocycles. The Kier molecular flexibility index (Phi) is 6.59. The molecule has 0 amide bonds.